The highest BCUT2D eigenvalue weighted by Gasteiger charge is 2.32. The van der Waals surface area contributed by atoms with E-state index in [-0.39, 0.29) is 11.8 Å². The van der Waals surface area contributed by atoms with Crippen molar-refractivity contribution in [3.63, 3.8) is 0 Å². The number of aryl methyl sites for hydroxylation is 1. The van der Waals surface area contributed by atoms with Gasteiger partial charge >= 0.3 is 0 Å². The van der Waals surface area contributed by atoms with Gasteiger partial charge in [-0.05, 0) is 38.3 Å². The van der Waals surface area contributed by atoms with Crippen LogP contribution in [0.15, 0.2) is 34.7 Å². The van der Waals surface area contributed by atoms with Crippen LogP contribution < -0.4 is 0 Å². The number of aromatic nitrogens is 1. The number of hydrogen-bond acceptors (Lipinski definition) is 4. The molecule has 1 aromatic heterocycles. The number of hydrogen-bond donors (Lipinski definition) is 0. The van der Waals surface area contributed by atoms with E-state index in [2.05, 4.69) is 4.98 Å². The first kappa shape index (κ1) is 16.8. The fourth-order valence-electron chi connectivity index (χ4n) is 3.35. The second-order valence-electron chi connectivity index (χ2n) is 7.04. The lowest BCUT2D eigenvalue weighted by Gasteiger charge is -2.21. The van der Waals surface area contributed by atoms with Crippen LogP contribution in [0, 0.1) is 6.92 Å². The Hall–Kier alpha value is -2.63. The number of benzene rings is 1. The predicted molar refractivity (Wildman–Crippen MR) is 96.1 cm³/mol. The van der Waals surface area contributed by atoms with Gasteiger partial charge in [0.15, 0.2) is 5.89 Å². The number of carbonyl (C=O) groups excluding carboxylic acids is 2. The van der Waals surface area contributed by atoms with Gasteiger partial charge in [-0.3, -0.25) is 9.59 Å². The van der Waals surface area contributed by atoms with Gasteiger partial charge in [0.2, 0.25) is 5.76 Å². The largest absolute Gasteiger partial charge is 0.435 e. The van der Waals surface area contributed by atoms with Crippen LogP contribution in [0.4, 0.5) is 0 Å². The first-order valence-electron chi connectivity index (χ1n) is 9.24. The van der Waals surface area contributed by atoms with E-state index in [1.807, 2.05) is 42.2 Å². The Labute approximate surface area is 152 Å². The van der Waals surface area contributed by atoms with Gasteiger partial charge in [0.1, 0.15) is 0 Å². The molecular formula is C20H23N3O3. The van der Waals surface area contributed by atoms with Gasteiger partial charge in [0, 0.05) is 37.7 Å². The molecule has 1 aromatic carbocycles. The molecule has 1 saturated heterocycles. The minimum absolute atomic E-state index is 0.0202. The van der Waals surface area contributed by atoms with Gasteiger partial charge in [-0.2, -0.15) is 0 Å². The van der Waals surface area contributed by atoms with E-state index in [0.29, 0.717) is 55.0 Å². The highest BCUT2D eigenvalue weighted by atomic mass is 16.4. The summed E-state index contributed by atoms with van der Waals surface area (Å²) in [5, 5.41) is 0. The van der Waals surface area contributed by atoms with Crippen LogP contribution in [0.25, 0.3) is 0 Å². The van der Waals surface area contributed by atoms with E-state index in [1.165, 1.54) is 0 Å². The maximum absolute atomic E-state index is 12.9. The standard InChI is InChI=1S/C20H23N3O3/c1-14-17(26-18(21-14)15-8-9-15)20(25)23-11-5-10-22(12-13-23)19(24)16-6-3-2-4-7-16/h2-4,6-7,15H,5,8-13H2,1H3. The molecule has 2 amide bonds. The van der Waals surface area contributed by atoms with E-state index in [1.54, 1.807) is 4.90 Å². The molecule has 0 radical (unpaired) electrons. The molecule has 0 atom stereocenters. The van der Waals surface area contributed by atoms with Crippen LogP contribution in [0.1, 0.15) is 57.7 Å². The first-order chi connectivity index (χ1) is 12.6. The van der Waals surface area contributed by atoms with Crippen LogP contribution in [-0.4, -0.2) is 52.8 Å². The second kappa shape index (κ2) is 6.94. The van der Waals surface area contributed by atoms with Gasteiger partial charge in [-0.25, -0.2) is 4.98 Å². The quantitative estimate of drug-likeness (QED) is 0.851. The third-order valence-corrected chi connectivity index (χ3v) is 5.03. The lowest BCUT2D eigenvalue weighted by Crippen LogP contribution is -2.37. The highest BCUT2D eigenvalue weighted by molar-refractivity contribution is 5.94. The summed E-state index contributed by atoms with van der Waals surface area (Å²) in [6, 6.07) is 9.28. The molecule has 6 nitrogen and oxygen atoms in total. The average molecular weight is 353 g/mol. The van der Waals surface area contributed by atoms with E-state index in [0.717, 1.165) is 19.3 Å². The molecule has 0 spiro atoms. The monoisotopic (exact) mass is 353 g/mol. The molecule has 26 heavy (non-hydrogen) atoms. The molecule has 2 heterocycles. The Morgan fingerprint density at radius 2 is 1.65 bits per heavy atom. The van der Waals surface area contributed by atoms with Crippen molar-refractivity contribution in [3.8, 4) is 0 Å². The number of rotatable bonds is 3. The van der Waals surface area contributed by atoms with Gasteiger partial charge in [0.05, 0.1) is 5.69 Å². The van der Waals surface area contributed by atoms with Crippen molar-refractivity contribution in [2.24, 2.45) is 0 Å². The van der Waals surface area contributed by atoms with Gasteiger partial charge < -0.3 is 14.2 Å². The normalized spacial score (nSPS) is 17.9. The second-order valence-corrected chi connectivity index (χ2v) is 7.04. The molecule has 6 heteroatoms. The lowest BCUT2D eigenvalue weighted by molar-refractivity contribution is 0.0698. The minimum Gasteiger partial charge on any atom is -0.435 e. The molecule has 1 saturated carbocycles. The maximum Gasteiger partial charge on any atom is 0.291 e. The maximum atomic E-state index is 12.9. The Morgan fingerprint density at radius 1 is 1.00 bits per heavy atom. The Balaban J connectivity index is 1.43. The summed E-state index contributed by atoms with van der Waals surface area (Å²) in [7, 11) is 0. The van der Waals surface area contributed by atoms with E-state index < -0.39 is 0 Å². The predicted octanol–water partition coefficient (Wildman–Crippen LogP) is 2.85. The van der Waals surface area contributed by atoms with Crippen LogP contribution >= 0.6 is 0 Å². The first-order valence-corrected chi connectivity index (χ1v) is 9.24. The Bertz CT molecular complexity index is 811. The molecule has 2 aromatic rings. The zero-order valence-corrected chi connectivity index (χ0v) is 15.0. The van der Waals surface area contributed by atoms with Crippen molar-refractivity contribution in [2.45, 2.75) is 32.1 Å². The fraction of sp³-hybridized carbons (Fsp3) is 0.450. The van der Waals surface area contributed by atoms with E-state index >= 15 is 0 Å². The van der Waals surface area contributed by atoms with Crippen molar-refractivity contribution < 1.29 is 14.0 Å². The van der Waals surface area contributed by atoms with Crippen LogP contribution in [-0.2, 0) is 0 Å². The SMILES string of the molecule is Cc1nc(C2CC2)oc1C(=O)N1CCCN(C(=O)c2ccccc2)CC1. The average Bonchev–Trinajstić information content (AvgIpc) is 3.47. The van der Waals surface area contributed by atoms with E-state index in [9.17, 15) is 9.59 Å². The summed E-state index contributed by atoms with van der Waals surface area (Å²) in [4.78, 5) is 33.5. The molecule has 1 aliphatic heterocycles. The molecule has 4 rings (SSSR count). The summed E-state index contributed by atoms with van der Waals surface area (Å²) >= 11 is 0. The van der Waals surface area contributed by atoms with E-state index in [4.69, 9.17) is 4.42 Å². The third-order valence-electron chi connectivity index (χ3n) is 5.03. The summed E-state index contributed by atoms with van der Waals surface area (Å²) in [6.45, 7) is 4.14. The van der Waals surface area contributed by atoms with Crippen molar-refractivity contribution in [1.29, 1.82) is 0 Å². The summed E-state index contributed by atoms with van der Waals surface area (Å²) in [6.07, 6.45) is 2.94. The zero-order valence-electron chi connectivity index (χ0n) is 15.0. The number of amides is 2. The summed E-state index contributed by atoms with van der Waals surface area (Å²) in [5.41, 5.74) is 1.35. The van der Waals surface area contributed by atoms with Crippen molar-refractivity contribution >= 4 is 11.8 Å². The molecule has 1 aliphatic carbocycles. The lowest BCUT2D eigenvalue weighted by atomic mass is 10.2. The Morgan fingerprint density at radius 3 is 2.31 bits per heavy atom. The minimum atomic E-state index is -0.115. The van der Waals surface area contributed by atoms with Crippen molar-refractivity contribution in [1.82, 2.24) is 14.8 Å². The van der Waals surface area contributed by atoms with Crippen LogP contribution in [0.3, 0.4) is 0 Å². The topological polar surface area (TPSA) is 66.7 Å². The van der Waals surface area contributed by atoms with Crippen molar-refractivity contribution in [2.75, 3.05) is 26.2 Å². The van der Waals surface area contributed by atoms with Gasteiger partial charge in [-0.15, -0.1) is 0 Å². The molecular weight excluding hydrogens is 330 g/mol. The fourth-order valence-corrected chi connectivity index (χ4v) is 3.35. The summed E-state index contributed by atoms with van der Waals surface area (Å²) in [5.74, 6) is 1.34. The molecule has 2 fully saturated rings. The Kier molecular flexibility index (Phi) is 4.49. The number of carbonyl (C=O) groups is 2. The zero-order chi connectivity index (χ0) is 18.1. The molecule has 0 N–H and O–H groups in total. The molecule has 0 bridgehead atoms. The highest BCUT2D eigenvalue weighted by Crippen LogP contribution is 2.40. The summed E-state index contributed by atoms with van der Waals surface area (Å²) < 4.78 is 5.75. The number of oxazole rings is 1. The molecule has 136 valence electrons. The molecule has 2 aliphatic rings. The van der Waals surface area contributed by atoms with Crippen LogP contribution in [0.2, 0.25) is 0 Å². The smallest absolute Gasteiger partial charge is 0.291 e. The van der Waals surface area contributed by atoms with Crippen molar-refractivity contribution in [3.05, 3.63) is 53.2 Å². The van der Waals surface area contributed by atoms with Gasteiger partial charge in [-0.1, -0.05) is 18.2 Å². The molecule has 0 unspecified atom stereocenters. The number of nitrogens with zero attached hydrogens (tertiary/aromatic N) is 3. The van der Waals surface area contributed by atoms with Crippen LogP contribution in [0.5, 0.6) is 0 Å². The third kappa shape index (κ3) is 3.36. The van der Waals surface area contributed by atoms with Gasteiger partial charge in [0.25, 0.3) is 11.8 Å².